The van der Waals surface area contributed by atoms with E-state index in [0.717, 1.165) is 11.6 Å². The molecule has 1 aliphatic heterocycles. The molecule has 21 heavy (non-hydrogen) atoms. The summed E-state index contributed by atoms with van der Waals surface area (Å²) in [4.78, 5) is 4.98. The Morgan fingerprint density at radius 2 is 1.14 bits per heavy atom. The van der Waals surface area contributed by atoms with Crippen molar-refractivity contribution in [3.8, 4) is 0 Å². The van der Waals surface area contributed by atoms with Gasteiger partial charge in [-0.05, 0) is 73.4 Å². The van der Waals surface area contributed by atoms with Crippen LogP contribution in [-0.2, 0) is 0 Å². The van der Waals surface area contributed by atoms with Gasteiger partial charge in [-0.2, -0.15) is 0 Å². The number of hydrogen-bond acceptors (Lipinski definition) is 1. The van der Waals surface area contributed by atoms with E-state index in [1.165, 1.54) is 16.7 Å². The van der Waals surface area contributed by atoms with Gasteiger partial charge in [-0.3, -0.25) is 0 Å². The fourth-order valence-electron chi connectivity index (χ4n) is 2.88. The van der Waals surface area contributed by atoms with Crippen LogP contribution in [0, 0.1) is 20.8 Å². The van der Waals surface area contributed by atoms with E-state index in [0.29, 0.717) is 0 Å². The van der Waals surface area contributed by atoms with Gasteiger partial charge in [0.05, 0.1) is 16.8 Å². The van der Waals surface area contributed by atoms with Gasteiger partial charge in [0.2, 0.25) is 5.96 Å². The van der Waals surface area contributed by atoms with E-state index in [1.54, 1.807) is 0 Å². The molecule has 1 fully saturated rings. The van der Waals surface area contributed by atoms with Crippen molar-refractivity contribution in [1.82, 2.24) is 10.0 Å². The second-order valence-corrected chi connectivity index (χ2v) is 8.12. The quantitative estimate of drug-likeness (QED) is 0.695. The van der Waals surface area contributed by atoms with Crippen molar-refractivity contribution in [3.63, 3.8) is 0 Å². The van der Waals surface area contributed by atoms with E-state index in [9.17, 15) is 0 Å². The molecule has 0 radical (unpaired) electrons. The molecule has 0 bridgehead atoms. The Morgan fingerprint density at radius 1 is 0.762 bits per heavy atom. The van der Waals surface area contributed by atoms with Crippen LogP contribution in [0.1, 0.15) is 58.2 Å². The third kappa shape index (κ3) is 3.07. The first-order chi connectivity index (χ1) is 9.43. The largest absolute Gasteiger partial charge is 0.244 e. The third-order valence-corrected chi connectivity index (χ3v) is 3.66. The molecule has 1 saturated heterocycles. The van der Waals surface area contributed by atoms with Crippen molar-refractivity contribution < 1.29 is 0 Å². The number of benzene rings is 1. The predicted molar refractivity (Wildman–Crippen MR) is 90.9 cm³/mol. The van der Waals surface area contributed by atoms with Crippen LogP contribution in [0.4, 0.5) is 5.69 Å². The summed E-state index contributed by atoms with van der Waals surface area (Å²) in [7, 11) is 0. The van der Waals surface area contributed by atoms with E-state index in [2.05, 4.69) is 84.5 Å². The molecule has 0 saturated carbocycles. The number of hydrogen-bond donors (Lipinski definition) is 0. The van der Waals surface area contributed by atoms with E-state index in [4.69, 9.17) is 4.99 Å². The lowest BCUT2D eigenvalue weighted by molar-refractivity contribution is 0.110. The van der Waals surface area contributed by atoms with Crippen LogP contribution in [0.2, 0.25) is 0 Å². The molecule has 3 nitrogen and oxygen atoms in total. The number of aryl methyl sites for hydroxylation is 3. The van der Waals surface area contributed by atoms with Crippen LogP contribution >= 0.6 is 0 Å². The Morgan fingerprint density at radius 3 is 1.48 bits per heavy atom. The topological polar surface area (TPSA) is 18.4 Å². The predicted octanol–water partition coefficient (Wildman–Crippen LogP) is 4.73. The van der Waals surface area contributed by atoms with Crippen molar-refractivity contribution in [2.45, 2.75) is 73.4 Å². The van der Waals surface area contributed by atoms with Gasteiger partial charge < -0.3 is 0 Å². The van der Waals surface area contributed by atoms with Gasteiger partial charge in [0, 0.05) is 0 Å². The summed E-state index contributed by atoms with van der Waals surface area (Å²) in [5.41, 5.74) is 5.00. The Kier molecular flexibility index (Phi) is 3.59. The summed E-state index contributed by atoms with van der Waals surface area (Å²) in [6.45, 7) is 19.8. The van der Waals surface area contributed by atoms with Gasteiger partial charge in [-0.25, -0.2) is 15.0 Å². The zero-order valence-corrected chi connectivity index (χ0v) is 15.0. The normalized spacial score (nSPS) is 15.6. The minimum atomic E-state index is 0.0542. The second kappa shape index (κ2) is 4.75. The number of aliphatic imine (C=N–C) groups is 1. The number of rotatable bonds is 1. The number of nitrogens with zero attached hydrogens (tertiary/aromatic N) is 3. The smallest absolute Gasteiger partial charge is 0.241 e. The first-order valence-electron chi connectivity index (χ1n) is 7.70. The zero-order valence-electron chi connectivity index (χ0n) is 15.0. The van der Waals surface area contributed by atoms with Crippen LogP contribution in [0.15, 0.2) is 17.1 Å². The first-order valence-corrected chi connectivity index (χ1v) is 7.70. The highest BCUT2D eigenvalue weighted by molar-refractivity contribution is 5.95. The summed E-state index contributed by atoms with van der Waals surface area (Å²) in [5, 5.41) is 4.59. The maximum absolute atomic E-state index is 4.98. The molecule has 1 aromatic rings. The molecule has 0 aliphatic carbocycles. The summed E-state index contributed by atoms with van der Waals surface area (Å²) < 4.78 is 0. The highest BCUT2D eigenvalue weighted by atomic mass is 15.9. The third-order valence-electron chi connectivity index (χ3n) is 3.66. The molecule has 1 heterocycles. The minimum absolute atomic E-state index is 0.0542. The van der Waals surface area contributed by atoms with E-state index >= 15 is 0 Å². The average Bonchev–Trinajstić information content (AvgIpc) is 2.96. The molecular weight excluding hydrogens is 258 g/mol. The first kappa shape index (κ1) is 15.9. The van der Waals surface area contributed by atoms with Crippen LogP contribution in [0.25, 0.3) is 0 Å². The van der Waals surface area contributed by atoms with Crippen molar-refractivity contribution in [3.05, 3.63) is 28.8 Å². The van der Waals surface area contributed by atoms with Crippen LogP contribution in [0.5, 0.6) is 0 Å². The van der Waals surface area contributed by atoms with E-state index in [-0.39, 0.29) is 11.1 Å². The lowest BCUT2D eigenvalue weighted by atomic mass is 10.1. The molecule has 0 atom stereocenters. The monoisotopic (exact) mass is 287 g/mol. The second-order valence-electron chi connectivity index (χ2n) is 8.12. The minimum Gasteiger partial charge on any atom is -0.244 e. The highest BCUT2D eigenvalue weighted by Gasteiger charge is 2.52. The van der Waals surface area contributed by atoms with Crippen molar-refractivity contribution in [2.24, 2.45) is 4.99 Å². The zero-order chi connectivity index (χ0) is 16.2. The molecule has 116 valence electrons. The van der Waals surface area contributed by atoms with Gasteiger partial charge >= 0.3 is 0 Å². The molecule has 0 unspecified atom stereocenters. The van der Waals surface area contributed by atoms with Crippen molar-refractivity contribution in [2.75, 3.05) is 0 Å². The number of guanidine groups is 1. The van der Waals surface area contributed by atoms with Crippen molar-refractivity contribution >= 4 is 11.6 Å². The van der Waals surface area contributed by atoms with Crippen LogP contribution in [-0.4, -0.2) is 27.1 Å². The Labute approximate surface area is 129 Å². The SMILES string of the molecule is Cc1cc(C)c(N=C2N(C(C)(C)C)N2C(C)(C)C)c(C)c1. The van der Waals surface area contributed by atoms with E-state index < -0.39 is 0 Å². The average molecular weight is 287 g/mol. The van der Waals surface area contributed by atoms with E-state index in [1.807, 2.05) is 0 Å². The standard InChI is InChI=1S/C18H29N3/c1-12-10-13(2)15(14(3)11-12)19-16-20(17(4,5)6)21(16)18(7,8)9/h10-11H,1-9H3. The maximum Gasteiger partial charge on any atom is 0.241 e. The molecule has 3 heteroatoms. The maximum atomic E-state index is 4.98. The molecular formula is C18H29N3. The summed E-state index contributed by atoms with van der Waals surface area (Å²) in [6.07, 6.45) is 0. The highest BCUT2D eigenvalue weighted by Crippen LogP contribution is 2.39. The Hall–Kier alpha value is -1.51. The fourth-order valence-corrected chi connectivity index (χ4v) is 2.88. The molecule has 0 N–H and O–H groups in total. The summed E-state index contributed by atoms with van der Waals surface area (Å²) >= 11 is 0. The van der Waals surface area contributed by atoms with Crippen LogP contribution in [0.3, 0.4) is 0 Å². The summed E-state index contributed by atoms with van der Waals surface area (Å²) in [6, 6.07) is 4.41. The van der Waals surface area contributed by atoms with Gasteiger partial charge in [-0.1, -0.05) is 17.7 Å². The van der Waals surface area contributed by atoms with Crippen LogP contribution < -0.4 is 0 Å². The Balaban J connectivity index is 2.46. The lowest BCUT2D eigenvalue weighted by Crippen LogP contribution is -2.36. The molecule has 0 spiro atoms. The number of hydrazine groups is 1. The fraction of sp³-hybridized carbons (Fsp3) is 0.611. The Bertz CT molecular complexity index is 540. The molecule has 0 amide bonds. The lowest BCUT2D eigenvalue weighted by Gasteiger charge is -2.27. The molecule has 0 aromatic heterocycles. The van der Waals surface area contributed by atoms with Gasteiger partial charge in [0.25, 0.3) is 0 Å². The molecule has 2 rings (SSSR count). The molecule has 1 aliphatic rings. The van der Waals surface area contributed by atoms with Crippen molar-refractivity contribution in [1.29, 1.82) is 0 Å². The van der Waals surface area contributed by atoms with Gasteiger partial charge in [-0.15, -0.1) is 0 Å². The van der Waals surface area contributed by atoms with Gasteiger partial charge in [0.1, 0.15) is 0 Å². The molecule has 1 aromatic carbocycles. The van der Waals surface area contributed by atoms with Gasteiger partial charge in [0.15, 0.2) is 0 Å². The summed E-state index contributed by atoms with van der Waals surface area (Å²) in [5.74, 6) is 1.07.